The SMILES string of the molecule is O=C(CCc1ccc2ccccc2c1)NC1=C(C(=O)O)CC(c2ccc(F)cc2)CC1. The highest BCUT2D eigenvalue weighted by molar-refractivity contribution is 5.90. The smallest absolute Gasteiger partial charge is 0.333 e. The van der Waals surface area contributed by atoms with E-state index in [9.17, 15) is 19.1 Å². The number of hydrogen-bond acceptors (Lipinski definition) is 2. The maximum Gasteiger partial charge on any atom is 0.333 e. The average molecular weight is 417 g/mol. The van der Waals surface area contributed by atoms with E-state index in [2.05, 4.69) is 11.4 Å². The van der Waals surface area contributed by atoms with Crippen LogP contribution >= 0.6 is 0 Å². The molecule has 158 valence electrons. The van der Waals surface area contributed by atoms with Crippen LogP contribution in [-0.2, 0) is 16.0 Å². The van der Waals surface area contributed by atoms with Crippen molar-refractivity contribution in [3.05, 3.63) is 94.9 Å². The Hall–Kier alpha value is -3.47. The standard InChI is InChI=1S/C26H24FNO3/c27-22-11-8-19(9-12-22)21-10-13-24(23(16-21)26(30)31)28-25(29)14-6-17-5-7-18-3-1-2-4-20(18)15-17/h1-5,7-9,11-12,15,21H,6,10,13-14,16H2,(H,28,29)(H,30,31). The van der Waals surface area contributed by atoms with Gasteiger partial charge in [0.25, 0.3) is 0 Å². The van der Waals surface area contributed by atoms with Crippen LogP contribution in [0.3, 0.4) is 0 Å². The van der Waals surface area contributed by atoms with Crippen LogP contribution in [-0.4, -0.2) is 17.0 Å². The maximum absolute atomic E-state index is 13.2. The molecule has 1 aliphatic rings. The molecule has 1 unspecified atom stereocenters. The third-order valence-corrected chi connectivity index (χ3v) is 5.90. The van der Waals surface area contributed by atoms with Gasteiger partial charge in [-0.05, 0) is 65.6 Å². The molecule has 1 aliphatic carbocycles. The Morgan fingerprint density at radius 2 is 1.74 bits per heavy atom. The minimum atomic E-state index is -1.02. The topological polar surface area (TPSA) is 66.4 Å². The Kier molecular flexibility index (Phi) is 6.12. The number of carbonyl (C=O) groups is 2. The molecular formula is C26H24FNO3. The van der Waals surface area contributed by atoms with Gasteiger partial charge in [-0.25, -0.2) is 9.18 Å². The molecular weight excluding hydrogens is 393 g/mol. The summed E-state index contributed by atoms with van der Waals surface area (Å²) in [5, 5.41) is 14.8. The summed E-state index contributed by atoms with van der Waals surface area (Å²) >= 11 is 0. The Morgan fingerprint density at radius 3 is 2.48 bits per heavy atom. The molecule has 31 heavy (non-hydrogen) atoms. The van der Waals surface area contributed by atoms with Crippen molar-refractivity contribution in [3.8, 4) is 0 Å². The molecule has 0 spiro atoms. The first-order chi connectivity index (χ1) is 15.0. The first-order valence-electron chi connectivity index (χ1n) is 10.5. The molecule has 0 aromatic heterocycles. The Bertz CT molecular complexity index is 1150. The highest BCUT2D eigenvalue weighted by Gasteiger charge is 2.27. The van der Waals surface area contributed by atoms with Gasteiger partial charge < -0.3 is 10.4 Å². The summed E-state index contributed by atoms with van der Waals surface area (Å²) in [5.74, 6) is -1.50. The number of aliphatic carboxylic acids is 1. The van der Waals surface area contributed by atoms with Crippen LogP contribution in [0, 0.1) is 5.82 Å². The summed E-state index contributed by atoms with van der Waals surface area (Å²) in [7, 11) is 0. The molecule has 0 aliphatic heterocycles. The maximum atomic E-state index is 13.2. The summed E-state index contributed by atoms with van der Waals surface area (Å²) in [6, 6.07) is 20.4. The minimum absolute atomic E-state index is 0.00459. The van der Waals surface area contributed by atoms with Gasteiger partial charge in [-0.1, -0.05) is 54.6 Å². The molecule has 0 heterocycles. The van der Waals surface area contributed by atoms with E-state index in [-0.39, 0.29) is 29.6 Å². The molecule has 1 amide bonds. The predicted molar refractivity (Wildman–Crippen MR) is 118 cm³/mol. The Balaban J connectivity index is 1.41. The molecule has 5 heteroatoms. The molecule has 2 N–H and O–H groups in total. The van der Waals surface area contributed by atoms with Crippen molar-refractivity contribution in [2.75, 3.05) is 0 Å². The van der Waals surface area contributed by atoms with Crippen LogP contribution in [0.4, 0.5) is 4.39 Å². The van der Waals surface area contributed by atoms with Gasteiger partial charge >= 0.3 is 5.97 Å². The highest BCUT2D eigenvalue weighted by Crippen LogP contribution is 2.35. The summed E-state index contributed by atoms with van der Waals surface area (Å²) in [4.78, 5) is 24.3. The highest BCUT2D eigenvalue weighted by atomic mass is 19.1. The third-order valence-electron chi connectivity index (χ3n) is 5.90. The Labute approximate surface area is 180 Å². The number of benzene rings is 3. The zero-order valence-electron chi connectivity index (χ0n) is 17.1. The summed E-state index contributed by atoms with van der Waals surface area (Å²) in [5.41, 5.74) is 2.72. The van der Waals surface area contributed by atoms with Gasteiger partial charge in [-0.15, -0.1) is 0 Å². The van der Waals surface area contributed by atoms with Gasteiger partial charge in [0.1, 0.15) is 5.82 Å². The largest absolute Gasteiger partial charge is 0.478 e. The van der Waals surface area contributed by atoms with Crippen molar-refractivity contribution in [3.63, 3.8) is 0 Å². The lowest BCUT2D eigenvalue weighted by molar-refractivity contribution is -0.133. The zero-order valence-corrected chi connectivity index (χ0v) is 17.1. The van der Waals surface area contributed by atoms with E-state index >= 15 is 0 Å². The fourth-order valence-corrected chi connectivity index (χ4v) is 4.20. The number of carboxylic acids is 1. The van der Waals surface area contributed by atoms with Crippen LogP contribution in [0.5, 0.6) is 0 Å². The van der Waals surface area contributed by atoms with Crippen LogP contribution in [0.15, 0.2) is 78.0 Å². The van der Waals surface area contributed by atoms with Gasteiger partial charge in [0, 0.05) is 12.1 Å². The second-order valence-electron chi connectivity index (χ2n) is 7.98. The molecule has 0 saturated heterocycles. The van der Waals surface area contributed by atoms with Crippen LogP contribution in [0.1, 0.15) is 42.7 Å². The van der Waals surface area contributed by atoms with Gasteiger partial charge in [0.2, 0.25) is 5.91 Å². The van der Waals surface area contributed by atoms with Crippen molar-refractivity contribution in [1.29, 1.82) is 0 Å². The van der Waals surface area contributed by atoms with E-state index in [4.69, 9.17) is 0 Å². The number of amides is 1. The minimum Gasteiger partial charge on any atom is -0.478 e. The van der Waals surface area contributed by atoms with E-state index in [1.54, 1.807) is 12.1 Å². The molecule has 4 nitrogen and oxygen atoms in total. The van der Waals surface area contributed by atoms with Crippen molar-refractivity contribution < 1.29 is 19.1 Å². The summed E-state index contributed by atoms with van der Waals surface area (Å²) in [6.45, 7) is 0. The molecule has 0 bridgehead atoms. The summed E-state index contributed by atoms with van der Waals surface area (Å²) in [6.07, 6.45) is 2.38. The number of carbonyl (C=O) groups excluding carboxylic acids is 1. The number of allylic oxidation sites excluding steroid dienone is 1. The molecule has 0 fully saturated rings. The number of aryl methyl sites for hydroxylation is 1. The second-order valence-corrected chi connectivity index (χ2v) is 7.98. The molecule has 0 saturated carbocycles. The predicted octanol–water partition coefficient (Wildman–Crippen LogP) is 5.33. The number of nitrogens with one attached hydrogen (secondary N) is 1. The second kappa shape index (κ2) is 9.13. The van der Waals surface area contributed by atoms with Gasteiger partial charge in [-0.3, -0.25) is 4.79 Å². The van der Waals surface area contributed by atoms with Crippen LogP contribution in [0.2, 0.25) is 0 Å². The number of hydrogen-bond donors (Lipinski definition) is 2. The normalized spacial score (nSPS) is 16.4. The number of carboxylic acid groups (broad SMARTS) is 1. The lowest BCUT2D eigenvalue weighted by Crippen LogP contribution is -2.29. The van der Waals surface area contributed by atoms with Crippen LogP contribution < -0.4 is 5.32 Å². The number of fused-ring (bicyclic) bond motifs is 1. The van der Waals surface area contributed by atoms with Crippen molar-refractivity contribution in [2.24, 2.45) is 0 Å². The quantitative estimate of drug-likeness (QED) is 0.569. The van der Waals surface area contributed by atoms with E-state index in [0.717, 1.165) is 21.9 Å². The Morgan fingerprint density at radius 1 is 1.00 bits per heavy atom. The van der Waals surface area contributed by atoms with Crippen molar-refractivity contribution >= 4 is 22.6 Å². The van der Waals surface area contributed by atoms with Crippen molar-refractivity contribution in [2.45, 2.75) is 38.0 Å². The van der Waals surface area contributed by atoms with E-state index < -0.39 is 5.97 Å². The van der Waals surface area contributed by atoms with Crippen molar-refractivity contribution in [1.82, 2.24) is 5.32 Å². The van der Waals surface area contributed by atoms with Crippen LogP contribution in [0.25, 0.3) is 10.8 Å². The summed E-state index contributed by atoms with van der Waals surface area (Å²) < 4.78 is 13.2. The number of rotatable bonds is 6. The molecule has 3 aromatic rings. The van der Waals surface area contributed by atoms with Gasteiger partial charge in [-0.2, -0.15) is 0 Å². The van der Waals surface area contributed by atoms with E-state index in [1.165, 1.54) is 12.1 Å². The average Bonchev–Trinajstić information content (AvgIpc) is 2.78. The lowest BCUT2D eigenvalue weighted by Gasteiger charge is -2.26. The van der Waals surface area contributed by atoms with E-state index in [0.29, 0.717) is 31.4 Å². The molecule has 3 aromatic carbocycles. The number of halogens is 1. The molecule has 0 radical (unpaired) electrons. The lowest BCUT2D eigenvalue weighted by atomic mass is 9.82. The molecule has 1 atom stereocenters. The molecule has 4 rings (SSSR count). The monoisotopic (exact) mass is 417 g/mol. The first kappa shape index (κ1) is 20.8. The fraction of sp³-hybridized carbons (Fsp3) is 0.231. The van der Waals surface area contributed by atoms with Gasteiger partial charge in [0.15, 0.2) is 0 Å². The van der Waals surface area contributed by atoms with E-state index in [1.807, 2.05) is 36.4 Å². The fourth-order valence-electron chi connectivity index (χ4n) is 4.20. The zero-order chi connectivity index (χ0) is 21.8. The van der Waals surface area contributed by atoms with Gasteiger partial charge in [0.05, 0.1) is 5.57 Å². The first-order valence-corrected chi connectivity index (χ1v) is 10.5. The third kappa shape index (κ3) is 5.00.